The first-order chi connectivity index (χ1) is 18.6. The summed E-state index contributed by atoms with van der Waals surface area (Å²) in [4.78, 5) is 21.1. The lowest BCUT2D eigenvalue weighted by atomic mass is 9.77. The van der Waals surface area contributed by atoms with Crippen molar-refractivity contribution in [2.45, 2.75) is 51.7 Å². The summed E-state index contributed by atoms with van der Waals surface area (Å²) < 4.78 is 47.2. The van der Waals surface area contributed by atoms with Crippen molar-refractivity contribution in [2.75, 3.05) is 18.4 Å². The van der Waals surface area contributed by atoms with Crippen LogP contribution in [0.4, 0.5) is 19.1 Å². The monoisotopic (exact) mass is 534 g/mol. The summed E-state index contributed by atoms with van der Waals surface area (Å²) in [5.41, 5.74) is -0.830. The molecular formula is C29H29F3N6O. The van der Waals surface area contributed by atoms with E-state index in [2.05, 4.69) is 20.6 Å². The van der Waals surface area contributed by atoms with Gasteiger partial charge in [0.2, 0.25) is 5.95 Å². The fraction of sp³-hybridized carbons (Fsp3) is 0.379. The third-order valence-corrected chi connectivity index (χ3v) is 7.40. The quantitative estimate of drug-likeness (QED) is 0.446. The van der Waals surface area contributed by atoms with Gasteiger partial charge in [0, 0.05) is 29.1 Å². The minimum Gasteiger partial charge on any atom is -0.328 e. The lowest BCUT2D eigenvalue weighted by Crippen LogP contribution is -2.36. The third-order valence-electron chi connectivity index (χ3n) is 7.40. The van der Waals surface area contributed by atoms with Crippen LogP contribution >= 0.6 is 0 Å². The Balaban J connectivity index is 1.52. The van der Waals surface area contributed by atoms with Gasteiger partial charge < -0.3 is 15.2 Å². The Morgan fingerprint density at radius 2 is 1.92 bits per heavy atom. The number of fused-ring (bicyclic) bond motifs is 1. The average Bonchev–Trinajstić information content (AvgIpc) is 2.89. The van der Waals surface area contributed by atoms with Crippen LogP contribution in [0.25, 0.3) is 22.2 Å². The highest BCUT2D eigenvalue weighted by Crippen LogP contribution is 2.40. The molecule has 1 aliphatic carbocycles. The van der Waals surface area contributed by atoms with E-state index in [1.807, 2.05) is 12.1 Å². The number of piperidine rings is 1. The van der Waals surface area contributed by atoms with Crippen LogP contribution in [0, 0.1) is 28.9 Å². The fourth-order valence-electron chi connectivity index (χ4n) is 5.56. The van der Waals surface area contributed by atoms with Crippen LogP contribution in [0.5, 0.6) is 0 Å². The molecule has 0 saturated carbocycles. The van der Waals surface area contributed by atoms with Crippen molar-refractivity contribution in [3.63, 3.8) is 0 Å². The molecule has 3 aromatic rings. The molecule has 39 heavy (non-hydrogen) atoms. The SMILES string of the molecule is CC(C)n1c(=O)c(C#N)cc2c(F)cc(-c3nc(NC4=CC=C(C5CCNCC5)C(C)(F)C4)ncc3F)cc21. The number of halogens is 3. The molecule has 5 rings (SSSR count). The number of nitriles is 1. The van der Waals surface area contributed by atoms with E-state index in [1.54, 1.807) is 26.8 Å². The minimum atomic E-state index is -1.55. The zero-order chi connectivity index (χ0) is 27.9. The van der Waals surface area contributed by atoms with Crippen molar-refractivity contribution >= 4 is 16.9 Å². The Kier molecular flexibility index (Phi) is 7.03. The summed E-state index contributed by atoms with van der Waals surface area (Å²) in [6.45, 7) is 6.77. The van der Waals surface area contributed by atoms with Crippen LogP contribution in [0.3, 0.4) is 0 Å². The number of benzene rings is 1. The number of nitrogens with zero attached hydrogens (tertiary/aromatic N) is 4. The molecule has 10 heteroatoms. The maximum Gasteiger partial charge on any atom is 0.269 e. The molecular weight excluding hydrogens is 505 g/mol. The molecule has 1 aliphatic heterocycles. The average molecular weight is 535 g/mol. The van der Waals surface area contributed by atoms with Crippen molar-refractivity contribution in [3.05, 3.63) is 75.4 Å². The van der Waals surface area contributed by atoms with Crippen LogP contribution in [-0.4, -0.2) is 33.3 Å². The summed E-state index contributed by atoms with van der Waals surface area (Å²) in [6, 6.07) is 5.22. The van der Waals surface area contributed by atoms with E-state index in [0.29, 0.717) is 5.70 Å². The number of pyridine rings is 1. The molecule has 1 unspecified atom stereocenters. The molecule has 1 aromatic carbocycles. The van der Waals surface area contributed by atoms with Crippen LogP contribution in [0.15, 0.2) is 52.6 Å². The highest BCUT2D eigenvalue weighted by molar-refractivity contribution is 5.86. The van der Waals surface area contributed by atoms with Crippen molar-refractivity contribution in [3.8, 4) is 17.3 Å². The maximum atomic E-state index is 15.7. The van der Waals surface area contributed by atoms with E-state index in [4.69, 9.17) is 0 Å². The van der Waals surface area contributed by atoms with Gasteiger partial charge in [-0.3, -0.25) is 4.79 Å². The van der Waals surface area contributed by atoms with Gasteiger partial charge in [-0.25, -0.2) is 23.1 Å². The summed E-state index contributed by atoms with van der Waals surface area (Å²) >= 11 is 0. The van der Waals surface area contributed by atoms with Gasteiger partial charge in [-0.05, 0) is 82.5 Å². The number of hydrogen-bond acceptors (Lipinski definition) is 6. The lowest BCUT2D eigenvalue weighted by Gasteiger charge is -2.35. The summed E-state index contributed by atoms with van der Waals surface area (Å²) in [5.74, 6) is -1.29. The third kappa shape index (κ3) is 5.06. The smallest absolute Gasteiger partial charge is 0.269 e. The molecule has 1 saturated heterocycles. The van der Waals surface area contributed by atoms with Crippen LogP contribution < -0.4 is 16.2 Å². The normalized spacial score (nSPS) is 20.1. The number of hydrogen-bond donors (Lipinski definition) is 2. The van der Waals surface area contributed by atoms with Gasteiger partial charge in [-0.15, -0.1) is 0 Å². The molecule has 0 radical (unpaired) electrons. The zero-order valence-corrected chi connectivity index (χ0v) is 22.0. The van der Waals surface area contributed by atoms with Gasteiger partial charge >= 0.3 is 0 Å². The van der Waals surface area contributed by atoms with E-state index in [1.165, 1.54) is 16.7 Å². The molecule has 202 valence electrons. The standard InChI is InChI=1S/C29H29F3N6O/c1-16(2)38-25-12-18(11-23(30)21(25)10-19(14-33)27(38)39)26-24(31)15-35-28(37-26)36-20-4-5-22(29(3,32)13-20)17-6-8-34-9-7-17/h4-5,10-12,15-17,34H,6-9,13H2,1-3H3,(H,35,36,37). The van der Waals surface area contributed by atoms with Crippen molar-refractivity contribution < 1.29 is 13.2 Å². The van der Waals surface area contributed by atoms with Crippen LogP contribution in [-0.2, 0) is 0 Å². The molecule has 2 aromatic heterocycles. The van der Waals surface area contributed by atoms with Crippen molar-refractivity contribution in [1.29, 1.82) is 5.26 Å². The molecule has 1 fully saturated rings. The second-order valence-electron chi connectivity index (χ2n) is 10.6. The summed E-state index contributed by atoms with van der Waals surface area (Å²) in [5, 5.41) is 15.7. The second kappa shape index (κ2) is 10.3. The van der Waals surface area contributed by atoms with Crippen LogP contribution in [0.1, 0.15) is 51.6 Å². The lowest BCUT2D eigenvalue weighted by molar-refractivity contribution is 0.204. The molecule has 0 amide bonds. The van der Waals surface area contributed by atoms with Gasteiger partial charge in [-0.2, -0.15) is 5.26 Å². The Hall–Kier alpha value is -3.97. The first-order valence-electron chi connectivity index (χ1n) is 13.0. The first-order valence-corrected chi connectivity index (χ1v) is 13.0. The molecule has 1 atom stereocenters. The summed E-state index contributed by atoms with van der Waals surface area (Å²) in [7, 11) is 0. The molecule has 0 bridgehead atoms. The highest BCUT2D eigenvalue weighted by atomic mass is 19.1. The van der Waals surface area contributed by atoms with Gasteiger partial charge in [-0.1, -0.05) is 6.08 Å². The molecule has 2 aliphatic rings. The summed E-state index contributed by atoms with van der Waals surface area (Å²) in [6.07, 6.45) is 6.44. The minimum absolute atomic E-state index is 0.0359. The molecule has 7 nitrogen and oxygen atoms in total. The molecule has 0 spiro atoms. The fourth-order valence-corrected chi connectivity index (χ4v) is 5.56. The first kappa shape index (κ1) is 26.6. The number of allylic oxidation sites excluding steroid dienone is 4. The second-order valence-corrected chi connectivity index (χ2v) is 10.6. The van der Waals surface area contributed by atoms with E-state index in [-0.39, 0.29) is 52.1 Å². The van der Waals surface area contributed by atoms with Gasteiger partial charge in [0.1, 0.15) is 28.8 Å². The highest BCUT2D eigenvalue weighted by Gasteiger charge is 2.37. The topological polar surface area (TPSA) is 95.6 Å². The number of alkyl halides is 1. The Morgan fingerprint density at radius 1 is 1.18 bits per heavy atom. The number of aromatic nitrogens is 3. The Morgan fingerprint density at radius 3 is 2.59 bits per heavy atom. The number of rotatable bonds is 5. The zero-order valence-electron chi connectivity index (χ0n) is 22.0. The van der Waals surface area contributed by atoms with Crippen LogP contribution in [0.2, 0.25) is 0 Å². The van der Waals surface area contributed by atoms with Crippen molar-refractivity contribution in [1.82, 2.24) is 19.9 Å². The van der Waals surface area contributed by atoms with E-state index < -0.39 is 22.9 Å². The van der Waals surface area contributed by atoms with E-state index >= 15 is 8.78 Å². The predicted molar refractivity (Wildman–Crippen MR) is 144 cm³/mol. The van der Waals surface area contributed by atoms with E-state index in [0.717, 1.165) is 43.8 Å². The van der Waals surface area contributed by atoms with Crippen molar-refractivity contribution in [2.24, 2.45) is 5.92 Å². The number of anilines is 1. The van der Waals surface area contributed by atoms with Gasteiger partial charge in [0.25, 0.3) is 5.56 Å². The predicted octanol–water partition coefficient (Wildman–Crippen LogP) is 5.54. The largest absolute Gasteiger partial charge is 0.328 e. The Labute approximate surface area is 224 Å². The molecule has 2 N–H and O–H groups in total. The number of nitrogens with one attached hydrogen (secondary N) is 2. The van der Waals surface area contributed by atoms with E-state index in [9.17, 15) is 14.4 Å². The van der Waals surface area contributed by atoms with Gasteiger partial charge in [0.15, 0.2) is 5.82 Å². The molecule has 3 heterocycles. The van der Waals surface area contributed by atoms with Gasteiger partial charge in [0.05, 0.1) is 11.7 Å². The maximum absolute atomic E-state index is 15.7. The Bertz CT molecular complexity index is 1610.